The molecule has 11 heteroatoms. The Kier molecular flexibility index (Phi) is 10.6. The van der Waals surface area contributed by atoms with Crippen molar-refractivity contribution in [1.82, 2.24) is 14.9 Å². The van der Waals surface area contributed by atoms with Gasteiger partial charge in [0.05, 0.1) is 31.3 Å². The highest BCUT2D eigenvalue weighted by Gasteiger charge is 2.45. The van der Waals surface area contributed by atoms with Gasteiger partial charge < -0.3 is 19.2 Å². The molecule has 0 radical (unpaired) electrons. The number of amidine groups is 1. The van der Waals surface area contributed by atoms with Crippen molar-refractivity contribution in [3.05, 3.63) is 99.0 Å². The van der Waals surface area contributed by atoms with Crippen LogP contribution >= 0.6 is 23.2 Å². The van der Waals surface area contributed by atoms with Crippen LogP contribution in [0.25, 0.3) is 0 Å². The number of piperazine rings is 1. The molecule has 1 fully saturated rings. The second kappa shape index (κ2) is 14.4. The number of urea groups is 1. The average molecular weight is 696 g/mol. The van der Waals surface area contributed by atoms with Gasteiger partial charge in [0, 0.05) is 23.1 Å². The zero-order valence-corrected chi connectivity index (χ0v) is 30.1. The Morgan fingerprint density at radius 1 is 0.833 bits per heavy atom. The van der Waals surface area contributed by atoms with Crippen LogP contribution in [0.1, 0.15) is 82.8 Å². The summed E-state index contributed by atoms with van der Waals surface area (Å²) in [5, 5.41) is 2.73. The van der Waals surface area contributed by atoms with Gasteiger partial charge in [-0.05, 0) is 86.2 Å². The van der Waals surface area contributed by atoms with E-state index in [9.17, 15) is 9.59 Å². The van der Waals surface area contributed by atoms with Gasteiger partial charge in [-0.3, -0.25) is 9.89 Å². The summed E-state index contributed by atoms with van der Waals surface area (Å²) >= 11 is 12.6. The van der Waals surface area contributed by atoms with E-state index in [-0.39, 0.29) is 11.4 Å². The lowest BCUT2D eigenvalue weighted by atomic mass is 9.86. The minimum Gasteiger partial charge on any atom is -0.493 e. The molecule has 3 aromatic rings. The van der Waals surface area contributed by atoms with Gasteiger partial charge in [-0.15, -0.1) is 5.06 Å². The summed E-state index contributed by atoms with van der Waals surface area (Å²) < 4.78 is 11.5. The van der Waals surface area contributed by atoms with Gasteiger partial charge in [0.2, 0.25) is 0 Å². The van der Waals surface area contributed by atoms with Crippen LogP contribution in [0.5, 0.6) is 5.75 Å². The number of halogens is 2. The zero-order valence-electron chi connectivity index (χ0n) is 28.6. The maximum Gasteiger partial charge on any atom is 0.528 e. The number of carbonyl (C=O) groups excluding carboxylic acids is 2. The van der Waals surface area contributed by atoms with E-state index >= 15 is 0 Å². The van der Waals surface area contributed by atoms with Crippen LogP contribution in [0.3, 0.4) is 0 Å². The molecule has 0 unspecified atom stereocenters. The van der Waals surface area contributed by atoms with E-state index in [4.69, 9.17) is 42.5 Å². The first-order chi connectivity index (χ1) is 22.6. The van der Waals surface area contributed by atoms with Crippen molar-refractivity contribution in [2.75, 3.05) is 32.8 Å². The molecule has 2 amide bonds. The normalized spacial score (nSPS) is 18.8. The number of amides is 2. The van der Waals surface area contributed by atoms with Crippen LogP contribution in [0.4, 0.5) is 9.59 Å². The van der Waals surface area contributed by atoms with Crippen LogP contribution in [-0.2, 0) is 15.0 Å². The number of hydrogen-bond donors (Lipinski definition) is 0. The van der Waals surface area contributed by atoms with Crippen LogP contribution < -0.4 is 4.74 Å². The molecule has 256 valence electrons. The van der Waals surface area contributed by atoms with Crippen LogP contribution in [-0.4, -0.2) is 71.3 Å². The maximum absolute atomic E-state index is 14.8. The Hall–Kier alpha value is -3.79. The monoisotopic (exact) mass is 694 g/mol. The number of benzene rings is 3. The molecule has 2 aliphatic rings. The molecule has 0 saturated carbocycles. The van der Waals surface area contributed by atoms with Gasteiger partial charge in [0.1, 0.15) is 23.2 Å². The molecule has 0 spiro atoms. The molecular weight excluding hydrogens is 651 g/mol. The molecule has 0 aromatic heterocycles. The van der Waals surface area contributed by atoms with Gasteiger partial charge in [0.15, 0.2) is 0 Å². The van der Waals surface area contributed by atoms with Crippen molar-refractivity contribution < 1.29 is 23.9 Å². The Bertz CT molecular complexity index is 1640. The fraction of sp³-hybridized carbons (Fsp3) is 0.432. The van der Waals surface area contributed by atoms with E-state index in [1.54, 1.807) is 30.6 Å². The number of aliphatic imine (C=N–C) groups is 1. The average Bonchev–Trinajstić information content (AvgIpc) is 3.41. The van der Waals surface area contributed by atoms with Crippen LogP contribution in [0, 0.1) is 0 Å². The number of nitrogens with zero attached hydrogens (tertiary/aromatic N) is 4. The van der Waals surface area contributed by atoms with Gasteiger partial charge in [-0.2, -0.15) is 0 Å². The lowest BCUT2D eigenvalue weighted by Crippen LogP contribution is -2.54. The van der Waals surface area contributed by atoms with E-state index in [2.05, 4.69) is 26.8 Å². The first-order valence-corrected chi connectivity index (χ1v) is 17.0. The summed E-state index contributed by atoms with van der Waals surface area (Å²) in [7, 11) is 0. The molecular formula is C37H44Cl2N4O5. The quantitative estimate of drug-likeness (QED) is 0.240. The molecule has 3 aromatic carbocycles. The van der Waals surface area contributed by atoms with Gasteiger partial charge in [-0.25, -0.2) is 9.59 Å². The summed E-state index contributed by atoms with van der Waals surface area (Å²) in [6.07, 6.45) is -0.771. The first kappa shape index (κ1) is 35.5. The summed E-state index contributed by atoms with van der Waals surface area (Å²) in [6, 6.07) is 20.0. The smallest absolute Gasteiger partial charge is 0.493 e. The highest BCUT2D eigenvalue weighted by atomic mass is 35.5. The van der Waals surface area contributed by atoms with Crippen molar-refractivity contribution in [1.29, 1.82) is 0 Å². The van der Waals surface area contributed by atoms with E-state index in [0.29, 0.717) is 54.4 Å². The fourth-order valence-corrected chi connectivity index (χ4v) is 6.05. The standard InChI is InChI=1S/C37H44Cl2N4O5/c1-8-46-30-23-26(36(2,3)4)13-18-29(30)33-40-31(24-9-14-27(38)15-10-24)32(25-11-16-28(39)17-12-25)43(33)34(44)41-19-21-42(22-20-41)48-35(45)47-37(5,6)7/h9-18,23,31-32H,8,19-22H2,1-7H3/t31-,32+/m0/s1. The summed E-state index contributed by atoms with van der Waals surface area (Å²) in [4.78, 5) is 41.4. The lowest BCUT2D eigenvalue weighted by molar-refractivity contribution is -0.155. The molecule has 1 saturated heterocycles. The van der Waals surface area contributed by atoms with E-state index < -0.39 is 23.8 Å². The summed E-state index contributed by atoms with van der Waals surface area (Å²) in [6.45, 7) is 15.5. The number of hydrogen-bond acceptors (Lipinski definition) is 7. The van der Waals surface area contributed by atoms with Gasteiger partial charge in [-0.1, -0.05) is 74.3 Å². The van der Waals surface area contributed by atoms with Gasteiger partial charge in [0.25, 0.3) is 0 Å². The Labute approximate surface area is 293 Å². The van der Waals surface area contributed by atoms with Crippen molar-refractivity contribution in [3.8, 4) is 5.75 Å². The molecule has 0 N–H and O–H groups in total. The number of ether oxygens (including phenoxy) is 2. The second-order valence-electron chi connectivity index (χ2n) is 14.0. The lowest BCUT2D eigenvalue weighted by Gasteiger charge is -2.38. The van der Waals surface area contributed by atoms with Crippen molar-refractivity contribution in [2.45, 2.75) is 71.6 Å². The Morgan fingerprint density at radius 3 is 1.96 bits per heavy atom. The van der Waals surface area contributed by atoms with Crippen molar-refractivity contribution in [3.63, 3.8) is 0 Å². The number of carbonyl (C=O) groups is 2. The highest BCUT2D eigenvalue weighted by Crippen LogP contribution is 2.46. The Balaban J connectivity index is 1.56. The predicted molar refractivity (Wildman–Crippen MR) is 189 cm³/mol. The third-order valence-corrected chi connectivity index (χ3v) is 8.69. The third kappa shape index (κ3) is 8.25. The topological polar surface area (TPSA) is 83.9 Å². The maximum atomic E-state index is 14.8. The minimum atomic E-state index is -0.771. The molecule has 2 aliphatic heterocycles. The molecule has 9 nitrogen and oxygen atoms in total. The largest absolute Gasteiger partial charge is 0.528 e. The van der Waals surface area contributed by atoms with Crippen LogP contribution in [0.2, 0.25) is 10.0 Å². The summed E-state index contributed by atoms with van der Waals surface area (Å²) in [5.41, 5.74) is 2.82. The third-order valence-electron chi connectivity index (χ3n) is 8.19. The van der Waals surface area contributed by atoms with Crippen molar-refractivity contribution in [2.24, 2.45) is 4.99 Å². The van der Waals surface area contributed by atoms with Crippen LogP contribution in [0.15, 0.2) is 71.7 Å². The molecule has 2 heterocycles. The molecule has 48 heavy (non-hydrogen) atoms. The van der Waals surface area contributed by atoms with Gasteiger partial charge >= 0.3 is 12.2 Å². The number of hydroxylamine groups is 2. The Morgan fingerprint density at radius 2 is 1.42 bits per heavy atom. The second-order valence-corrected chi connectivity index (χ2v) is 14.8. The molecule has 0 aliphatic carbocycles. The predicted octanol–water partition coefficient (Wildman–Crippen LogP) is 8.84. The zero-order chi connectivity index (χ0) is 34.8. The number of rotatable bonds is 6. The SMILES string of the molecule is CCOc1cc(C(C)(C)C)ccc1C1=N[C@@H](c2ccc(Cl)cc2)[C@@H](c2ccc(Cl)cc2)N1C(=O)N1CCN(OC(=O)OC(C)(C)C)CC1. The van der Waals surface area contributed by atoms with Crippen molar-refractivity contribution >= 4 is 41.2 Å². The van der Waals surface area contributed by atoms with E-state index in [1.165, 1.54) is 5.06 Å². The fourth-order valence-electron chi connectivity index (χ4n) is 5.80. The summed E-state index contributed by atoms with van der Waals surface area (Å²) in [5.74, 6) is 1.17. The highest BCUT2D eigenvalue weighted by molar-refractivity contribution is 6.30. The first-order valence-electron chi connectivity index (χ1n) is 16.2. The minimum absolute atomic E-state index is 0.115. The molecule has 2 atom stereocenters. The molecule has 0 bridgehead atoms. The molecule has 5 rings (SSSR count). The van der Waals surface area contributed by atoms with E-state index in [0.717, 1.165) is 22.3 Å². The van der Waals surface area contributed by atoms with E-state index in [1.807, 2.05) is 67.6 Å².